The number of anilines is 1. The fraction of sp³-hybridized carbons (Fsp3) is 0.452. The van der Waals surface area contributed by atoms with Gasteiger partial charge in [0.15, 0.2) is 0 Å². The second-order valence-electron chi connectivity index (χ2n) is 11.6. The number of aromatic nitrogens is 2. The number of ether oxygens (including phenoxy) is 1. The monoisotopic (exact) mass is 564 g/mol. The lowest BCUT2D eigenvalue weighted by Gasteiger charge is -2.27. The highest BCUT2D eigenvalue weighted by Gasteiger charge is 2.40. The van der Waals surface area contributed by atoms with Crippen molar-refractivity contribution in [3.8, 4) is 11.4 Å². The number of rotatable bonds is 6. The van der Waals surface area contributed by atoms with E-state index in [1.54, 1.807) is 22.8 Å². The standard InChI is InChI=1S/C31H37FN4O3S/c1-31(2,3)29-27-28(20-9-8-10-21(32)17-20)40-19-26(38)35(18-25(37)33-22-11-6-5-7-12-22)30(27)36(34-29)23-13-15-24(39-4)16-14-23/h8-10,13-17,22,28H,5-7,11-12,18-19H2,1-4H3,(H,33,37). The summed E-state index contributed by atoms with van der Waals surface area (Å²) < 4.78 is 21.6. The van der Waals surface area contributed by atoms with Crippen LogP contribution in [0.5, 0.6) is 5.75 Å². The van der Waals surface area contributed by atoms with Crippen LogP contribution in [0.2, 0.25) is 0 Å². The number of nitrogens with zero attached hydrogens (tertiary/aromatic N) is 3. The first-order valence-electron chi connectivity index (χ1n) is 13.9. The maximum atomic E-state index is 14.5. The molecule has 1 saturated carbocycles. The van der Waals surface area contributed by atoms with Crippen LogP contribution in [0, 0.1) is 5.82 Å². The van der Waals surface area contributed by atoms with Gasteiger partial charge in [0.05, 0.1) is 29.5 Å². The minimum atomic E-state index is -0.392. The molecule has 1 N–H and O–H groups in total. The number of thioether (sulfide) groups is 1. The molecule has 2 heterocycles. The van der Waals surface area contributed by atoms with Crippen LogP contribution in [-0.4, -0.2) is 47.0 Å². The van der Waals surface area contributed by atoms with Crippen molar-refractivity contribution < 1.29 is 18.7 Å². The molecular weight excluding hydrogens is 527 g/mol. The van der Waals surface area contributed by atoms with E-state index in [-0.39, 0.29) is 41.2 Å². The van der Waals surface area contributed by atoms with Crippen LogP contribution in [0.3, 0.4) is 0 Å². The van der Waals surface area contributed by atoms with Gasteiger partial charge in [0.2, 0.25) is 11.8 Å². The third kappa shape index (κ3) is 5.89. The van der Waals surface area contributed by atoms with Crippen molar-refractivity contribution in [1.29, 1.82) is 0 Å². The van der Waals surface area contributed by atoms with Crippen molar-refractivity contribution in [2.45, 2.75) is 69.6 Å². The molecule has 2 aliphatic rings. The molecular formula is C31H37FN4O3S. The van der Waals surface area contributed by atoms with Gasteiger partial charge in [-0.1, -0.05) is 52.2 Å². The minimum absolute atomic E-state index is 0.107. The molecule has 7 nitrogen and oxygen atoms in total. The number of halogens is 1. The molecule has 1 fully saturated rings. The zero-order valence-corrected chi connectivity index (χ0v) is 24.4. The Balaban J connectivity index is 1.67. The number of fused-ring (bicyclic) bond motifs is 1. The van der Waals surface area contributed by atoms with Crippen molar-refractivity contribution in [2.24, 2.45) is 0 Å². The molecule has 3 aromatic rings. The molecule has 1 aliphatic carbocycles. The molecule has 212 valence electrons. The van der Waals surface area contributed by atoms with Crippen molar-refractivity contribution in [2.75, 3.05) is 24.3 Å². The quantitative estimate of drug-likeness (QED) is 0.401. The summed E-state index contributed by atoms with van der Waals surface area (Å²) in [6, 6.07) is 14.1. The predicted octanol–water partition coefficient (Wildman–Crippen LogP) is 5.94. The Bertz CT molecular complexity index is 1380. The average molecular weight is 565 g/mol. The summed E-state index contributed by atoms with van der Waals surface area (Å²) in [6.45, 7) is 6.13. The molecule has 1 aliphatic heterocycles. The molecule has 9 heteroatoms. The van der Waals surface area contributed by atoms with Gasteiger partial charge in [-0.05, 0) is 54.8 Å². The Morgan fingerprint density at radius 2 is 1.85 bits per heavy atom. The molecule has 0 bridgehead atoms. The maximum Gasteiger partial charge on any atom is 0.240 e. The topological polar surface area (TPSA) is 76.5 Å². The molecule has 1 unspecified atom stereocenters. The van der Waals surface area contributed by atoms with Crippen LogP contribution in [0.25, 0.3) is 5.69 Å². The van der Waals surface area contributed by atoms with Crippen molar-refractivity contribution >= 4 is 29.4 Å². The fourth-order valence-electron chi connectivity index (χ4n) is 5.57. The van der Waals surface area contributed by atoms with E-state index in [1.807, 2.05) is 30.3 Å². The number of nitrogens with one attached hydrogen (secondary N) is 1. The summed E-state index contributed by atoms with van der Waals surface area (Å²) in [6.07, 6.45) is 5.31. The molecule has 1 atom stereocenters. The van der Waals surface area contributed by atoms with E-state index < -0.39 is 5.41 Å². The molecule has 2 aromatic carbocycles. The van der Waals surface area contributed by atoms with Gasteiger partial charge in [-0.25, -0.2) is 9.07 Å². The zero-order chi connectivity index (χ0) is 28.4. The maximum absolute atomic E-state index is 14.5. The summed E-state index contributed by atoms with van der Waals surface area (Å²) in [7, 11) is 1.61. The van der Waals surface area contributed by atoms with Gasteiger partial charge in [0.25, 0.3) is 0 Å². The highest BCUT2D eigenvalue weighted by Crippen LogP contribution is 2.48. The van der Waals surface area contributed by atoms with Gasteiger partial charge >= 0.3 is 0 Å². The molecule has 0 spiro atoms. The zero-order valence-electron chi connectivity index (χ0n) is 23.6. The van der Waals surface area contributed by atoms with E-state index in [9.17, 15) is 14.0 Å². The number of hydrogen-bond acceptors (Lipinski definition) is 5. The Kier molecular flexibility index (Phi) is 8.21. The van der Waals surface area contributed by atoms with Gasteiger partial charge < -0.3 is 10.1 Å². The summed E-state index contributed by atoms with van der Waals surface area (Å²) in [5.74, 6) is 0.709. The van der Waals surface area contributed by atoms with Crippen LogP contribution in [0.15, 0.2) is 48.5 Å². The van der Waals surface area contributed by atoms with Crippen LogP contribution in [0.1, 0.15) is 74.9 Å². The summed E-state index contributed by atoms with van der Waals surface area (Å²) in [4.78, 5) is 28.7. The van der Waals surface area contributed by atoms with Crippen molar-refractivity contribution in [3.63, 3.8) is 0 Å². The lowest BCUT2D eigenvalue weighted by molar-refractivity contribution is -0.123. The number of benzene rings is 2. The molecule has 1 aromatic heterocycles. The van der Waals surface area contributed by atoms with Gasteiger partial charge in [0, 0.05) is 17.0 Å². The van der Waals surface area contributed by atoms with Gasteiger partial charge in [0.1, 0.15) is 23.9 Å². The summed E-state index contributed by atoms with van der Waals surface area (Å²) in [5, 5.41) is 7.90. The number of hydrogen-bond donors (Lipinski definition) is 1. The number of carbonyl (C=O) groups is 2. The van der Waals surface area contributed by atoms with E-state index in [0.717, 1.165) is 48.2 Å². The second-order valence-corrected chi connectivity index (χ2v) is 12.7. The Labute approximate surface area is 239 Å². The lowest BCUT2D eigenvalue weighted by Crippen LogP contribution is -2.46. The first-order chi connectivity index (χ1) is 19.2. The fourth-order valence-corrected chi connectivity index (χ4v) is 6.76. The third-order valence-corrected chi connectivity index (χ3v) is 8.79. The SMILES string of the molecule is COc1ccc(-n2nc(C(C)(C)C)c3c2N(CC(=O)NC2CCCCC2)C(=O)CSC3c2cccc(F)c2)cc1. The van der Waals surface area contributed by atoms with E-state index >= 15 is 0 Å². The Hall–Kier alpha value is -3.33. The second kappa shape index (κ2) is 11.6. The molecule has 0 radical (unpaired) electrons. The lowest BCUT2D eigenvalue weighted by atomic mass is 9.87. The highest BCUT2D eigenvalue weighted by atomic mass is 32.2. The Morgan fingerprint density at radius 1 is 1.12 bits per heavy atom. The largest absolute Gasteiger partial charge is 0.497 e. The molecule has 0 saturated heterocycles. The summed E-state index contributed by atoms with van der Waals surface area (Å²) >= 11 is 1.45. The van der Waals surface area contributed by atoms with Crippen LogP contribution < -0.4 is 15.0 Å². The number of methoxy groups -OCH3 is 1. The van der Waals surface area contributed by atoms with Gasteiger partial charge in [-0.3, -0.25) is 14.5 Å². The van der Waals surface area contributed by atoms with Crippen LogP contribution >= 0.6 is 11.8 Å². The first-order valence-corrected chi connectivity index (χ1v) is 14.9. The normalized spacial score (nSPS) is 18.3. The van der Waals surface area contributed by atoms with E-state index in [4.69, 9.17) is 9.84 Å². The molecule has 40 heavy (non-hydrogen) atoms. The first kappa shape index (κ1) is 28.2. The third-order valence-electron chi connectivity index (χ3n) is 7.54. The predicted molar refractivity (Wildman–Crippen MR) is 157 cm³/mol. The van der Waals surface area contributed by atoms with E-state index in [2.05, 4.69) is 26.1 Å². The smallest absolute Gasteiger partial charge is 0.240 e. The van der Waals surface area contributed by atoms with Crippen molar-refractivity contribution in [3.05, 3.63) is 71.2 Å². The molecule has 5 rings (SSSR count). The van der Waals surface area contributed by atoms with Crippen molar-refractivity contribution in [1.82, 2.24) is 15.1 Å². The van der Waals surface area contributed by atoms with Crippen LogP contribution in [0.4, 0.5) is 10.2 Å². The Morgan fingerprint density at radius 3 is 2.50 bits per heavy atom. The number of amides is 2. The van der Waals surface area contributed by atoms with Gasteiger partial charge in [-0.15, -0.1) is 11.8 Å². The van der Waals surface area contributed by atoms with E-state index in [1.165, 1.54) is 30.3 Å². The number of carbonyl (C=O) groups excluding carboxylic acids is 2. The highest BCUT2D eigenvalue weighted by molar-refractivity contribution is 8.00. The molecule has 2 amide bonds. The van der Waals surface area contributed by atoms with Crippen LogP contribution in [-0.2, 0) is 15.0 Å². The summed E-state index contributed by atoms with van der Waals surface area (Å²) in [5.41, 5.74) is 2.73. The minimum Gasteiger partial charge on any atom is -0.497 e. The van der Waals surface area contributed by atoms with E-state index in [0.29, 0.717) is 11.6 Å². The van der Waals surface area contributed by atoms with Gasteiger partial charge in [-0.2, -0.15) is 5.10 Å². The average Bonchev–Trinajstić information content (AvgIpc) is 3.27.